The maximum absolute atomic E-state index is 12.8. The van der Waals surface area contributed by atoms with E-state index in [9.17, 15) is 8.42 Å². The summed E-state index contributed by atoms with van der Waals surface area (Å²) in [6, 6.07) is 5.26. The molecule has 1 saturated heterocycles. The first-order valence-corrected chi connectivity index (χ1v) is 9.82. The van der Waals surface area contributed by atoms with E-state index in [1.165, 1.54) is 0 Å². The Morgan fingerprint density at radius 3 is 2.45 bits per heavy atom. The first-order chi connectivity index (χ1) is 9.34. The fourth-order valence-corrected chi connectivity index (χ4v) is 5.76. The van der Waals surface area contributed by atoms with E-state index in [0.717, 1.165) is 23.7 Å². The highest BCUT2D eigenvalue weighted by Gasteiger charge is 2.41. The van der Waals surface area contributed by atoms with Crippen LogP contribution in [0.25, 0.3) is 0 Å². The van der Waals surface area contributed by atoms with Gasteiger partial charge in [-0.1, -0.05) is 29.8 Å². The molecule has 0 radical (unpaired) electrons. The molecule has 1 heterocycles. The average Bonchev–Trinajstić information content (AvgIpc) is 2.87. The van der Waals surface area contributed by atoms with Crippen LogP contribution < -0.4 is 0 Å². The molecule has 1 aromatic carbocycles. The van der Waals surface area contributed by atoms with E-state index >= 15 is 0 Å². The number of hydrogen-bond donors (Lipinski definition) is 0. The summed E-state index contributed by atoms with van der Waals surface area (Å²) in [7, 11) is -3.43. The van der Waals surface area contributed by atoms with Crippen LogP contribution in [0, 0.1) is 5.41 Å². The summed E-state index contributed by atoms with van der Waals surface area (Å²) in [6.07, 6.45) is 3.00. The Balaban J connectivity index is 2.35. The van der Waals surface area contributed by atoms with Crippen LogP contribution in [-0.2, 0) is 10.0 Å². The first-order valence-electron chi connectivity index (χ1n) is 6.80. The predicted octanol–water partition coefficient (Wildman–Crippen LogP) is 4.41. The molecular weight excluding hydrogens is 406 g/mol. The number of hydrogen-bond acceptors (Lipinski definition) is 2. The third-order valence-electron chi connectivity index (χ3n) is 4.41. The van der Waals surface area contributed by atoms with Gasteiger partial charge >= 0.3 is 0 Å². The van der Waals surface area contributed by atoms with Gasteiger partial charge in [-0.25, -0.2) is 8.42 Å². The van der Waals surface area contributed by atoms with Crippen LogP contribution in [0.3, 0.4) is 0 Å². The number of benzene rings is 1. The van der Waals surface area contributed by atoms with E-state index < -0.39 is 10.0 Å². The van der Waals surface area contributed by atoms with Gasteiger partial charge in [-0.05, 0) is 58.8 Å². The SMILES string of the molecule is CCC1(CC)CCN(S(=O)(=O)c2cc(Br)ccc2Br)C1. The van der Waals surface area contributed by atoms with Crippen molar-refractivity contribution in [2.75, 3.05) is 13.1 Å². The van der Waals surface area contributed by atoms with Crippen LogP contribution in [0.5, 0.6) is 0 Å². The van der Waals surface area contributed by atoms with Gasteiger partial charge in [0.25, 0.3) is 0 Å². The van der Waals surface area contributed by atoms with Gasteiger partial charge in [0, 0.05) is 22.0 Å². The number of nitrogens with zero attached hydrogens (tertiary/aromatic N) is 1. The Labute approximate surface area is 138 Å². The van der Waals surface area contributed by atoms with Gasteiger partial charge in [0.2, 0.25) is 10.0 Å². The third kappa shape index (κ3) is 2.98. The van der Waals surface area contributed by atoms with Crippen molar-refractivity contribution < 1.29 is 8.42 Å². The van der Waals surface area contributed by atoms with Crippen LogP contribution >= 0.6 is 31.9 Å². The van der Waals surface area contributed by atoms with Gasteiger partial charge in [0.1, 0.15) is 0 Å². The molecule has 0 unspecified atom stereocenters. The predicted molar refractivity (Wildman–Crippen MR) is 88.2 cm³/mol. The summed E-state index contributed by atoms with van der Waals surface area (Å²) in [5.74, 6) is 0. The second kappa shape index (κ2) is 6.07. The Hall–Kier alpha value is 0.0900. The molecule has 1 aliphatic heterocycles. The number of halogens is 2. The maximum atomic E-state index is 12.8. The van der Waals surface area contributed by atoms with Crippen molar-refractivity contribution >= 4 is 41.9 Å². The van der Waals surface area contributed by atoms with Gasteiger partial charge < -0.3 is 0 Å². The summed E-state index contributed by atoms with van der Waals surface area (Å²) in [5.41, 5.74) is 0.144. The summed E-state index contributed by atoms with van der Waals surface area (Å²) in [5, 5.41) is 0. The van der Waals surface area contributed by atoms with Crippen molar-refractivity contribution in [3.8, 4) is 0 Å². The Morgan fingerprint density at radius 1 is 1.25 bits per heavy atom. The molecule has 0 aromatic heterocycles. The zero-order valence-corrected chi connectivity index (χ0v) is 15.7. The Morgan fingerprint density at radius 2 is 1.90 bits per heavy atom. The molecule has 1 aliphatic rings. The molecule has 1 aromatic rings. The van der Waals surface area contributed by atoms with Crippen molar-refractivity contribution in [3.05, 3.63) is 27.1 Å². The molecule has 112 valence electrons. The van der Waals surface area contributed by atoms with Crippen LogP contribution in [0.1, 0.15) is 33.1 Å². The zero-order valence-electron chi connectivity index (χ0n) is 11.7. The molecule has 0 spiro atoms. The standard InChI is InChI=1S/C14H19Br2NO2S/c1-3-14(4-2)7-8-17(10-14)20(18,19)13-9-11(15)5-6-12(13)16/h5-6,9H,3-4,7-8,10H2,1-2H3. The van der Waals surface area contributed by atoms with Gasteiger partial charge in [-0.2, -0.15) is 4.31 Å². The lowest BCUT2D eigenvalue weighted by Gasteiger charge is -2.26. The largest absolute Gasteiger partial charge is 0.244 e. The fraction of sp³-hybridized carbons (Fsp3) is 0.571. The van der Waals surface area contributed by atoms with E-state index in [-0.39, 0.29) is 5.41 Å². The molecule has 20 heavy (non-hydrogen) atoms. The monoisotopic (exact) mass is 423 g/mol. The normalized spacial score (nSPS) is 19.4. The summed E-state index contributed by atoms with van der Waals surface area (Å²) in [6.45, 7) is 5.54. The second-order valence-corrected chi connectivity index (χ2v) is 9.05. The van der Waals surface area contributed by atoms with Crippen LogP contribution in [-0.4, -0.2) is 25.8 Å². The Kier molecular flexibility index (Phi) is 4.99. The molecule has 0 saturated carbocycles. The minimum Gasteiger partial charge on any atom is -0.207 e. The summed E-state index contributed by atoms with van der Waals surface area (Å²) < 4.78 is 28.6. The molecule has 0 amide bonds. The van der Waals surface area contributed by atoms with Crippen molar-refractivity contribution in [1.82, 2.24) is 4.31 Å². The molecule has 1 fully saturated rings. The lowest BCUT2D eigenvalue weighted by molar-refractivity contribution is 0.279. The summed E-state index contributed by atoms with van der Waals surface area (Å²) in [4.78, 5) is 0.342. The molecule has 0 aliphatic carbocycles. The van der Waals surface area contributed by atoms with Crippen LogP contribution in [0.2, 0.25) is 0 Å². The number of rotatable bonds is 4. The molecule has 3 nitrogen and oxygen atoms in total. The first kappa shape index (κ1) is 16.5. The van der Waals surface area contributed by atoms with Crippen molar-refractivity contribution in [2.45, 2.75) is 38.0 Å². The molecule has 0 bridgehead atoms. The smallest absolute Gasteiger partial charge is 0.207 e. The molecule has 6 heteroatoms. The quantitative estimate of drug-likeness (QED) is 0.717. The molecule has 0 N–H and O–H groups in total. The topological polar surface area (TPSA) is 37.4 Å². The highest BCUT2D eigenvalue weighted by atomic mass is 79.9. The van der Waals surface area contributed by atoms with Crippen molar-refractivity contribution in [3.63, 3.8) is 0 Å². The van der Waals surface area contributed by atoms with Gasteiger partial charge in [0.05, 0.1) is 4.90 Å². The summed E-state index contributed by atoms with van der Waals surface area (Å²) >= 11 is 6.69. The van der Waals surface area contributed by atoms with Gasteiger partial charge in [-0.3, -0.25) is 0 Å². The lowest BCUT2D eigenvalue weighted by Crippen LogP contribution is -2.32. The maximum Gasteiger partial charge on any atom is 0.244 e. The van der Waals surface area contributed by atoms with Crippen LogP contribution in [0.4, 0.5) is 0 Å². The van der Waals surface area contributed by atoms with Gasteiger partial charge in [0.15, 0.2) is 0 Å². The van der Waals surface area contributed by atoms with E-state index in [1.54, 1.807) is 16.4 Å². The average molecular weight is 425 g/mol. The highest BCUT2D eigenvalue weighted by molar-refractivity contribution is 9.11. The molecule has 2 rings (SSSR count). The van der Waals surface area contributed by atoms with E-state index in [4.69, 9.17) is 0 Å². The minimum absolute atomic E-state index is 0.144. The molecule has 0 atom stereocenters. The van der Waals surface area contributed by atoms with Crippen LogP contribution in [0.15, 0.2) is 32.0 Å². The van der Waals surface area contributed by atoms with E-state index in [1.807, 2.05) is 6.07 Å². The lowest BCUT2D eigenvalue weighted by atomic mass is 9.82. The van der Waals surface area contributed by atoms with E-state index in [0.29, 0.717) is 22.5 Å². The highest BCUT2D eigenvalue weighted by Crippen LogP contribution is 2.40. The third-order valence-corrected chi connectivity index (χ3v) is 7.75. The fourth-order valence-electron chi connectivity index (χ4n) is 2.74. The second-order valence-electron chi connectivity index (χ2n) is 5.37. The Bertz CT molecular complexity index is 597. The van der Waals surface area contributed by atoms with E-state index in [2.05, 4.69) is 45.7 Å². The molecular formula is C14H19Br2NO2S. The number of sulfonamides is 1. The van der Waals surface area contributed by atoms with Crippen molar-refractivity contribution in [2.24, 2.45) is 5.41 Å². The zero-order chi connectivity index (χ0) is 15.0. The van der Waals surface area contributed by atoms with Gasteiger partial charge in [-0.15, -0.1) is 0 Å². The van der Waals surface area contributed by atoms with Crippen molar-refractivity contribution in [1.29, 1.82) is 0 Å². The minimum atomic E-state index is -3.43.